The standard InChI is InChI=1S/C18H23N5OS/c1-6-23-16(15-10-22(4)21-17(15)24-5)19-20-18(23)25-11-14-9-12(2)7-8-13(14)3/h7-10H,6,11H2,1-5H3. The van der Waals surface area contributed by atoms with Gasteiger partial charge < -0.3 is 9.30 Å². The molecule has 25 heavy (non-hydrogen) atoms. The first-order chi connectivity index (χ1) is 12.0. The number of aryl methyl sites for hydroxylation is 3. The normalized spacial score (nSPS) is 11.1. The third-order valence-electron chi connectivity index (χ3n) is 4.12. The van der Waals surface area contributed by atoms with Crippen molar-refractivity contribution in [2.75, 3.05) is 7.11 Å². The minimum Gasteiger partial charge on any atom is -0.479 e. The van der Waals surface area contributed by atoms with Crippen molar-refractivity contribution in [3.05, 3.63) is 41.1 Å². The Balaban J connectivity index is 1.88. The van der Waals surface area contributed by atoms with Crippen LogP contribution in [0.3, 0.4) is 0 Å². The molecule has 0 unspecified atom stereocenters. The van der Waals surface area contributed by atoms with Crippen molar-refractivity contribution in [1.29, 1.82) is 0 Å². The SMILES string of the molecule is CCn1c(SCc2cc(C)ccc2C)nnc1-c1cn(C)nc1OC. The molecular weight excluding hydrogens is 334 g/mol. The van der Waals surface area contributed by atoms with Crippen LogP contribution in [-0.2, 0) is 19.3 Å². The predicted octanol–water partition coefficient (Wildman–Crippen LogP) is 3.62. The van der Waals surface area contributed by atoms with Crippen LogP contribution in [0.15, 0.2) is 29.6 Å². The molecule has 2 heterocycles. The van der Waals surface area contributed by atoms with Gasteiger partial charge in [0.15, 0.2) is 11.0 Å². The lowest BCUT2D eigenvalue weighted by molar-refractivity contribution is 0.393. The van der Waals surface area contributed by atoms with Gasteiger partial charge in [0.25, 0.3) is 0 Å². The van der Waals surface area contributed by atoms with Crippen molar-refractivity contribution >= 4 is 11.8 Å². The van der Waals surface area contributed by atoms with Crippen LogP contribution < -0.4 is 4.74 Å². The molecule has 0 radical (unpaired) electrons. The minimum absolute atomic E-state index is 0.565. The third kappa shape index (κ3) is 3.56. The Labute approximate surface area is 152 Å². The Morgan fingerprint density at radius 3 is 2.72 bits per heavy atom. The van der Waals surface area contributed by atoms with Crippen molar-refractivity contribution in [2.24, 2.45) is 7.05 Å². The second kappa shape index (κ2) is 7.31. The lowest BCUT2D eigenvalue weighted by Crippen LogP contribution is -2.00. The fraction of sp³-hybridized carbons (Fsp3) is 0.389. The fourth-order valence-electron chi connectivity index (χ4n) is 2.75. The van der Waals surface area contributed by atoms with Gasteiger partial charge in [-0.05, 0) is 31.9 Å². The van der Waals surface area contributed by atoms with E-state index in [1.165, 1.54) is 16.7 Å². The smallest absolute Gasteiger partial charge is 0.243 e. The number of aromatic nitrogens is 5. The van der Waals surface area contributed by atoms with Gasteiger partial charge >= 0.3 is 0 Å². The molecule has 7 heteroatoms. The van der Waals surface area contributed by atoms with E-state index in [9.17, 15) is 0 Å². The Bertz CT molecular complexity index is 884. The van der Waals surface area contributed by atoms with Crippen LogP contribution in [0, 0.1) is 13.8 Å². The molecular formula is C18H23N5OS. The first-order valence-corrected chi connectivity index (χ1v) is 9.22. The number of hydrogen-bond acceptors (Lipinski definition) is 5. The Morgan fingerprint density at radius 1 is 1.20 bits per heavy atom. The number of thioether (sulfide) groups is 1. The molecule has 0 fully saturated rings. The molecule has 0 saturated heterocycles. The van der Waals surface area contributed by atoms with E-state index in [1.807, 2.05) is 13.2 Å². The third-order valence-corrected chi connectivity index (χ3v) is 5.14. The van der Waals surface area contributed by atoms with E-state index in [0.29, 0.717) is 5.88 Å². The molecule has 0 spiro atoms. The van der Waals surface area contributed by atoms with Gasteiger partial charge in [-0.1, -0.05) is 35.5 Å². The summed E-state index contributed by atoms with van der Waals surface area (Å²) in [6.07, 6.45) is 1.91. The topological polar surface area (TPSA) is 57.8 Å². The maximum absolute atomic E-state index is 5.37. The summed E-state index contributed by atoms with van der Waals surface area (Å²) in [5.41, 5.74) is 4.77. The molecule has 6 nitrogen and oxygen atoms in total. The van der Waals surface area contributed by atoms with Gasteiger partial charge in [0.2, 0.25) is 5.88 Å². The molecule has 0 aliphatic rings. The van der Waals surface area contributed by atoms with Crippen LogP contribution in [0.4, 0.5) is 0 Å². The second-order valence-corrected chi connectivity index (χ2v) is 6.94. The summed E-state index contributed by atoms with van der Waals surface area (Å²) in [6.45, 7) is 7.15. The largest absolute Gasteiger partial charge is 0.479 e. The Kier molecular flexibility index (Phi) is 5.13. The Morgan fingerprint density at radius 2 is 2.00 bits per heavy atom. The second-order valence-electron chi connectivity index (χ2n) is 5.99. The number of benzene rings is 1. The molecule has 3 aromatic rings. The average molecular weight is 357 g/mol. The number of nitrogens with zero attached hydrogens (tertiary/aromatic N) is 5. The minimum atomic E-state index is 0.565. The lowest BCUT2D eigenvalue weighted by atomic mass is 10.1. The molecule has 0 saturated carbocycles. The maximum Gasteiger partial charge on any atom is 0.243 e. The predicted molar refractivity (Wildman–Crippen MR) is 99.9 cm³/mol. The fourth-order valence-corrected chi connectivity index (χ4v) is 3.82. The molecule has 132 valence electrons. The highest BCUT2D eigenvalue weighted by molar-refractivity contribution is 7.98. The first-order valence-electron chi connectivity index (χ1n) is 8.23. The van der Waals surface area contributed by atoms with E-state index in [-0.39, 0.29) is 0 Å². The van der Waals surface area contributed by atoms with Crippen molar-refractivity contribution < 1.29 is 4.74 Å². The summed E-state index contributed by atoms with van der Waals surface area (Å²) < 4.78 is 9.20. The highest BCUT2D eigenvalue weighted by Gasteiger charge is 2.19. The van der Waals surface area contributed by atoms with Crippen molar-refractivity contribution in [2.45, 2.75) is 38.2 Å². The summed E-state index contributed by atoms with van der Waals surface area (Å²) in [5, 5.41) is 14.0. The molecule has 2 aromatic heterocycles. The van der Waals surface area contributed by atoms with Gasteiger partial charge in [-0.15, -0.1) is 15.3 Å². The summed E-state index contributed by atoms with van der Waals surface area (Å²) >= 11 is 1.70. The van der Waals surface area contributed by atoms with Crippen molar-refractivity contribution in [1.82, 2.24) is 24.5 Å². The zero-order valence-corrected chi connectivity index (χ0v) is 16.1. The number of rotatable bonds is 6. The van der Waals surface area contributed by atoms with E-state index in [0.717, 1.165) is 28.8 Å². The Hall–Kier alpha value is -2.28. The zero-order chi connectivity index (χ0) is 18.0. The molecule has 0 atom stereocenters. The van der Waals surface area contributed by atoms with Crippen LogP contribution >= 0.6 is 11.8 Å². The van der Waals surface area contributed by atoms with Gasteiger partial charge in [0.1, 0.15) is 5.56 Å². The monoisotopic (exact) mass is 357 g/mol. The highest BCUT2D eigenvalue weighted by atomic mass is 32.2. The zero-order valence-electron chi connectivity index (χ0n) is 15.3. The summed E-state index contributed by atoms with van der Waals surface area (Å²) in [4.78, 5) is 0. The van der Waals surface area contributed by atoms with Crippen LogP contribution in [0.25, 0.3) is 11.4 Å². The summed E-state index contributed by atoms with van der Waals surface area (Å²) in [5.74, 6) is 2.22. The van der Waals surface area contributed by atoms with E-state index >= 15 is 0 Å². The van der Waals surface area contributed by atoms with Gasteiger partial charge in [0, 0.05) is 25.5 Å². The number of ether oxygens (including phenoxy) is 1. The van der Waals surface area contributed by atoms with Crippen molar-refractivity contribution in [3.63, 3.8) is 0 Å². The van der Waals surface area contributed by atoms with Gasteiger partial charge in [-0.3, -0.25) is 4.68 Å². The molecule has 0 aliphatic heterocycles. The van der Waals surface area contributed by atoms with E-state index in [1.54, 1.807) is 23.6 Å². The number of hydrogen-bond donors (Lipinski definition) is 0. The molecule has 0 N–H and O–H groups in total. The van der Waals surface area contributed by atoms with Gasteiger partial charge in [-0.25, -0.2) is 0 Å². The van der Waals surface area contributed by atoms with Crippen molar-refractivity contribution in [3.8, 4) is 17.3 Å². The molecule has 0 aliphatic carbocycles. The van der Waals surface area contributed by atoms with E-state index in [4.69, 9.17) is 4.74 Å². The molecule has 0 amide bonds. The lowest BCUT2D eigenvalue weighted by Gasteiger charge is -2.09. The quantitative estimate of drug-likeness (QED) is 0.631. The molecule has 1 aromatic carbocycles. The van der Waals surface area contributed by atoms with Gasteiger partial charge in [-0.2, -0.15) is 0 Å². The first kappa shape index (κ1) is 17.5. The van der Waals surface area contributed by atoms with Crippen LogP contribution in [0.1, 0.15) is 23.6 Å². The van der Waals surface area contributed by atoms with Crippen LogP contribution in [-0.4, -0.2) is 31.7 Å². The average Bonchev–Trinajstić information content (AvgIpc) is 3.17. The van der Waals surface area contributed by atoms with E-state index in [2.05, 4.69) is 58.8 Å². The molecule has 3 rings (SSSR count). The number of methoxy groups -OCH3 is 1. The van der Waals surface area contributed by atoms with E-state index < -0.39 is 0 Å². The highest BCUT2D eigenvalue weighted by Crippen LogP contribution is 2.31. The molecule has 0 bridgehead atoms. The van der Waals surface area contributed by atoms with Gasteiger partial charge in [0.05, 0.1) is 7.11 Å². The van der Waals surface area contributed by atoms with Crippen LogP contribution in [0.2, 0.25) is 0 Å². The maximum atomic E-state index is 5.37. The van der Waals surface area contributed by atoms with Crippen LogP contribution in [0.5, 0.6) is 5.88 Å². The summed E-state index contributed by atoms with van der Waals surface area (Å²) in [6, 6.07) is 6.55. The summed E-state index contributed by atoms with van der Waals surface area (Å²) in [7, 11) is 3.49.